The monoisotopic (exact) mass is 413 g/mol. The van der Waals surface area contributed by atoms with Gasteiger partial charge in [0.25, 0.3) is 0 Å². The molecule has 164 valence electrons. The molecule has 30 heavy (non-hydrogen) atoms. The van der Waals surface area contributed by atoms with E-state index in [9.17, 15) is 9.59 Å². The van der Waals surface area contributed by atoms with Crippen LogP contribution in [0.2, 0.25) is 0 Å². The van der Waals surface area contributed by atoms with Gasteiger partial charge in [-0.1, -0.05) is 19.1 Å². The zero-order chi connectivity index (χ0) is 21.8. The first-order chi connectivity index (χ1) is 14.0. The minimum absolute atomic E-state index is 0.0674. The lowest BCUT2D eigenvalue weighted by atomic mass is 9.82. The second-order valence-electron chi connectivity index (χ2n) is 10.3. The van der Waals surface area contributed by atoms with E-state index in [4.69, 9.17) is 4.74 Å². The van der Waals surface area contributed by atoms with Crippen molar-refractivity contribution in [2.45, 2.75) is 84.5 Å². The minimum Gasteiger partial charge on any atom is -0.444 e. The highest BCUT2D eigenvalue weighted by molar-refractivity contribution is 5.86. The van der Waals surface area contributed by atoms with Crippen LogP contribution in [0.5, 0.6) is 0 Å². The van der Waals surface area contributed by atoms with Gasteiger partial charge in [-0.05, 0) is 66.0 Å². The number of likely N-dealkylation sites (tertiary alicyclic amines) is 2. The van der Waals surface area contributed by atoms with E-state index < -0.39 is 11.0 Å². The fraction of sp³-hybridized carbons (Fsp3) is 0.667. The van der Waals surface area contributed by atoms with Crippen molar-refractivity contribution in [1.82, 2.24) is 14.4 Å². The predicted octanol–water partition coefficient (Wildman–Crippen LogP) is 4.22. The van der Waals surface area contributed by atoms with Gasteiger partial charge >= 0.3 is 6.09 Å². The summed E-state index contributed by atoms with van der Waals surface area (Å²) in [6, 6.07) is 4.67. The molecule has 3 aliphatic rings. The van der Waals surface area contributed by atoms with Gasteiger partial charge in [-0.15, -0.1) is 0 Å². The Labute approximate surface area is 179 Å². The first-order valence-corrected chi connectivity index (χ1v) is 11.2. The molecule has 4 atom stereocenters. The van der Waals surface area contributed by atoms with E-state index in [2.05, 4.69) is 49.6 Å². The average molecular weight is 414 g/mol. The average Bonchev–Trinajstić information content (AvgIpc) is 3.43. The van der Waals surface area contributed by atoms with Gasteiger partial charge in [0, 0.05) is 24.5 Å². The summed E-state index contributed by atoms with van der Waals surface area (Å²) in [5.41, 5.74) is 1.51. The van der Waals surface area contributed by atoms with Crippen molar-refractivity contribution >= 4 is 12.0 Å². The van der Waals surface area contributed by atoms with Gasteiger partial charge in [-0.25, -0.2) is 4.79 Å². The number of aromatic nitrogens is 1. The van der Waals surface area contributed by atoms with Crippen LogP contribution in [0.15, 0.2) is 24.3 Å². The maximum Gasteiger partial charge on any atom is 0.410 e. The normalized spacial score (nSPS) is 30.4. The predicted molar refractivity (Wildman–Crippen MR) is 116 cm³/mol. The molecule has 3 heterocycles. The summed E-state index contributed by atoms with van der Waals surface area (Å²) in [6.07, 6.45) is 6.56. The zero-order valence-electron chi connectivity index (χ0n) is 19.1. The first-order valence-electron chi connectivity index (χ1n) is 11.2. The van der Waals surface area contributed by atoms with E-state index in [1.807, 2.05) is 30.6 Å². The first kappa shape index (κ1) is 21.0. The maximum atomic E-state index is 13.7. The van der Waals surface area contributed by atoms with Crippen LogP contribution in [0.25, 0.3) is 0 Å². The molecule has 0 N–H and O–H groups in total. The Kier molecular flexibility index (Phi) is 5.02. The standard InChI is InChI=1S/C24H35N3O3/c1-7-24(11-10-18(13-24)27-16(2)8-9-17(27)3)21(28)25-14-20-12-19(25)15-26(20)22(29)30-23(4,5)6/h8-11,18-20H,7,12-15H2,1-6H3/t18-,19-,20-,24+/m1/s1. The Morgan fingerprint density at radius 2 is 1.70 bits per heavy atom. The molecule has 2 saturated heterocycles. The Bertz CT molecular complexity index is 861. The summed E-state index contributed by atoms with van der Waals surface area (Å²) in [5, 5.41) is 0. The highest BCUT2D eigenvalue weighted by Gasteiger charge is 2.52. The second kappa shape index (κ2) is 7.17. The van der Waals surface area contributed by atoms with Crippen LogP contribution in [-0.2, 0) is 9.53 Å². The molecule has 1 aromatic rings. The number of piperazine rings is 1. The number of hydrogen-bond acceptors (Lipinski definition) is 3. The molecule has 2 aliphatic heterocycles. The van der Waals surface area contributed by atoms with E-state index in [0.717, 1.165) is 19.3 Å². The molecule has 0 saturated carbocycles. The summed E-state index contributed by atoms with van der Waals surface area (Å²) in [6.45, 7) is 13.2. The van der Waals surface area contributed by atoms with E-state index >= 15 is 0 Å². The zero-order valence-corrected chi connectivity index (χ0v) is 19.1. The third kappa shape index (κ3) is 3.44. The molecule has 0 radical (unpaired) electrons. The van der Waals surface area contributed by atoms with Gasteiger partial charge in [-0.3, -0.25) is 4.79 Å². The number of fused-ring (bicyclic) bond motifs is 2. The van der Waals surface area contributed by atoms with Crippen LogP contribution >= 0.6 is 0 Å². The quantitative estimate of drug-likeness (QED) is 0.697. The molecular weight excluding hydrogens is 378 g/mol. The van der Waals surface area contributed by atoms with Crippen LogP contribution in [0.4, 0.5) is 4.79 Å². The minimum atomic E-state index is -0.501. The molecule has 2 bridgehead atoms. The van der Waals surface area contributed by atoms with Crippen molar-refractivity contribution in [3.05, 3.63) is 35.7 Å². The molecular formula is C24H35N3O3. The van der Waals surface area contributed by atoms with E-state index in [1.54, 1.807) is 0 Å². The number of carbonyl (C=O) groups excluding carboxylic acids is 2. The van der Waals surface area contributed by atoms with E-state index in [-0.39, 0.29) is 30.1 Å². The number of rotatable bonds is 3. The van der Waals surface area contributed by atoms with E-state index in [1.165, 1.54) is 11.4 Å². The topological polar surface area (TPSA) is 54.8 Å². The van der Waals surface area contributed by atoms with Crippen LogP contribution in [0, 0.1) is 19.3 Å². The highest BCUT2D eigenvalue weighted by Crippen LogP contribution is 2.45. The van der Waals surface area contributed by atoms with Gasteiger partial charge in [0.1, 0.15) is 5.60 Å². The number of nitrogens with zero attached hydrogens (tertiary/aromatic N) is 3. The smallest absolute Gasteiger partial charge is 0.410 e. The SMILES string of the molecule is CC[C@]1(C(=O)N2C[C@H]3C[C@@H]2CN3C(=O)OC(C)(C)C)C=C[C@@H](n2c(C)ccc2C)C1. The van der Waals surface area contributed by atoms with Gasteiger partial charge in [0.05, 0.1) is 23.5 Å². The molecule has 1 aromatic heterocycles. The summed E-state index contributed by atoms with van der Waals surface area (Å²) >= 11 is 0. The van der Waals surface area contributed by atoms with Gasteiger partial charge in [0.15, 0.2) is 0 Å². The van der Waals surface area contributed by atoms with Crippen molar-refractivity contribution < 1.29 is 14.3 Å². The number of hydrogen-bond donors (Lipinski definition) is 0. The molecule has 4 rings (SSSR count). The molecule has 0 unspecified atom stereocenters. The largest absolute Gasteiger partial charge is 0.444 e. The lowest BCUT2D eigenvalue weighted by Crippen LogP contribution is -2.54. The van der Waals surface area contributed by atoms with Crippen LogP contribution < -0.4 is 0 Å². The fourth-order valence-corrected chi connectivity index (χ4v) is 5.50. The number of amides is 2. The highest BCUT2D eigenvalue weighted by atomic mass is 16.6. The summed E-state index contributed by atoms with van der Waals surface area (Å²) in [4.78, 5) is 30.1. The van der Waals surface area contributed by atoms with Crippen molar-refractivity contribution in [3.63, 3.8) is 0 Å². The van der Waals surface area contributed by atoms with Gasteiger partial charge < -0.3 is 19.1 Å². The summed E-state index contributed by atoms with van der Waals surface area (Å²) < 4.78 is 7.89. The Morgan fingerprint density at radius 3 is 2.23 bits per heavy atom. The summed E-state index contributed by atoms with van der Waals surface area (Å²) in [5.74, 6) is 0.225. The Morgan fingerprint density at radius 1 is 1.10 bits per heavy atom. The van der Waals surface area contributed by atoms with Gasteiger partial charge in [-0.2, -0.15) is 0 Å². The maximum absolute atomic E-state index is 13.7. The molecule has 6 heteroatoms. The van der Waals surface area contributed by atoms with Crippen LogP contribution in [-0.4, -0.2) is 57.1 Å². The van der Waals surface area contributed by atoms with Crippen molar-refractivity contribution in [2.24, 2.45) is 5.41 Å². The fourth-order valence-electron chi connectivity index (χ4n) is 5.50. The Hall–Kier alpha value is -2.24. The third-order valence-electron chi connectivity index (χ3n) is 7.05. The number of ether oxygens (including phenoxy) is 1. The van der Waals surface area contributed by atoms with Crippen LogP contribution in [0.1, 0.15) is 64.4 Å². The number of carbonyl (C=O) groups is 2. The summed E-state index contributed by atoms with van der Waals surface area (Å²) in [7, 11) is 0. The van der Waals surface area contributed by atoms with Gasteiger partial charge in [0.2, 0.25) is 5.91 Å². The Balaban J connectivity index is 1.46. The molecule has 0 spiro atoms. The molecule has 6 nitrogen and oxygen atoms in total. The van der Waals surface area contributed by atoms with Crippen molar-refractivity contribution in [1.29, 1.82) is 0 Å². The van der Waals surface area contributed by atoms with Crippen molar-refractivity contribution in [3.8, 4) is 0 Å². The molecule has 2 fully saturated rings. The molecule has 1 aliphatic carbocycles. The molecule has 2 amide bonds. The molecule has 0 aromatic carbocycles. The van der Waals surface area contributed by atoms with E-state index in [0.29, 0.717) is 13.1 Å². The van der Waals surface area contributed by atoms with Crippen LogP contribution in [0.3, 0.4) is 0 Å². The number of aryl methyl sites for hydroxylation is 2. The lowest BCUT2D eigenvalue weighted by Gasteiger charge is -2.39. The second-order valence-corrected chi connectivity index (χ2v) is 10.3. The lowest BCUT2D eigenvalue weighted by molar-refractivity contribution is -0.142. The number of allylic oxidation sites excluding steroid dienone is 1. The van der Waals surface area contributed by atoms with Crippen molar-refractivity contribution in [2.75, 3.05) is 13.1 Å². The third-order valence-corrected chi connectivity index (χ3v) is 7.05.